The molecule has 7 heteroatoms. The summed E-state index contributed by atoms with van der Waals surface area (Å²) in [5, 5.41) is 2.89. The van der Waals surface area contributed by atoms with Crippen LogP contribution in [0.15, 0.2) is 0 Å². The molecule has 2 rings (SSSR count). The zero-order chi connectivity index (χ0) is 15.7. The number of fused-ring (bicyclic) bond motifs is 1. The summed E-state index contributed by atoms with van der Waals surface area (Å²) in [7, 11) is 1.71. The van der Waals surface area contributed by atoms with Crippen LogP contribution in [-0.2, 0) is 9.59 Å². The van der Waals surface area contributed by atoms with Crippen molar-refractivity contribution in [2.75, 3.05) is 26.7 Å². The predicted octanol–water partition coefficient (Wildman–Crippen LogP) is 0.0729. The molecule has 2 atom stereocenters. The Morgan fingerprint density at radius 2 is 2.05 bits per heavy atom. The summed E-state index contributed by atoms with van der Waals surface area (Å²) < 4.78 is 0. The largest absolute Gasteiger partial charge is 0.340 e. The van der Waals surface area contributed by atoms with Crippen molar-refractivity contribution < 1.29 is 14.4 Å². The Kier molecular flexibility index (Phi) is 4.39. The van der Waals surface area contributed by atoms with Crippen molar-refractivity contribution in [1.82, 2.24) is 20.0 Å². The first-order valence-electron chi connectivity index (χ1n) is 7.43. The second-order valence-electron chi connectivity index (χ2n) is 6.20. The number of piperazine rings is 1. The lowest BCUT2D eigenvalue weighted by Gasteiger charge is -2.50. The molecule has 1 N–H and O–H groups in total. The van der Waals surface area contributed by atoms with E-state index in [0.29, 0.717) is 25.6 Å². The summed E-state index contributed by atoms with van der Waals surface area (Å²) in [6, 6.07) is -0.678. The molecule has 0 aromatic carbocycles. The lowest BCUT2D eigenvalue weighted by atomic mass is 10.1. The zero-order valence-electron chi connectivity index (χ0n) is 13.1. The van der Waals surface area contributed by atoms with Gasteiger partial charge in [-0.05, 0) is 12.8 Å². The van der Waals surface area contributed by atoms with Crippen LogP contribution >= 0.6 is 0 Å². The van der Waals surface area contributed by atoms with E-state index < -0.39 is 6.04 Å². The Labute approximate surface area is 125 Å². The second-order valence-corrected chi connectivity index (χ2v) is 6.20. The van der Waals surface area contributed by atoms with Crippen LogP contribution in [0.3, 0.4) is 0 Å². The first kappa shape index (κ1) is 15.6. The summed E-state index contributed by atoms with van der Waals surface area (Å²) in [4.78, 5) is 41.3. The van der Waals surface area contributed by atoms with E-state index in [1.807, 2.05) is 13.8 Å². The fraction of sp³-hybridized carbons (Fsp3) is 0.786. The average Bonchev–Trinajstić information content (AvgIpc) is 2.42. The molecule has 0 aliphatic carbocycles. The Balaban J connectivity index is 2.15. The Morgan fingerprint density at radius 3 is 2.67 bits per heavy atom. The first-order valence-corrected chi connectivity index (χ1v) is 7.43. The highest BCUT2D eigenvalue weighted by Crippen LogP contribution is 2.24. The predicted molar refractivity (Wildman–Crippen MR) is 77.3 cm³/mol. The Hall–Kier alpha value is -1.79. The zero-order valence-corrected chi connectivity index (χ0v) is 13.1. The summed E-state index contributed by atoms with van der Waals surface area (Å²) in [5.74, 6) is 0.233. The summed E-state index contributed by atoms with van der Waals surface area (Å²) in [6.45, 7) is 7.14. The van der Waals surface area contributed by atoms with Gasteiger partial charge in [-0.1, -0.05) is 13.8 Å². The topological polar surface area (TPSA) is 73.0 Å². The normalized spacial score (nSPS) is 26.2. The molecule has 2 aliphatic rings. The molecule has 2 heterocycles. The highest BCUT2D eigenvalue weighted by Gasteiger charge is 2.45. The van der Waals surface area contributed by atoms with Crippen LogP contribution in [0.1, 0.15) is 27.2 Å². The number of nitrogens with zero attached hydrogens (tertiary/aromatic N) is 3. The van der Waals surface area contributed by atoms with Crippen molar-refractivity contribution >= 4 is 17.8 Å². The van der Waals surface area contributed by atoms with Crippen LogP contribution in [0.2, 0.25) is 0 Å². The van der Waals surface area contributed by atoms with Crippen molar-refractivity contribution in [2.24, 2.45) is 5.92 Å². The van der Waals surface area contributed by atoms with Gasteiger partial charge in [-0.25, -0.2) is 4.79 Å². The first-order chi connectivity index (χ1) is 9.82. The lowest BCUT2D eigenvalue weighted by molar-refractivity contribution is -0.164. The van der Waals surface area contributed by atoms with E-state index in [-0.39, 0.29) is 30.4 Å². The van der Waals surface area contributed by atoms with Gasteiger partial charge in [0.25, 0.3) is 0 Å². The molecule has 0 bridgehead atoms. The molecule has 4 amide bonds. The van der Waals surface area contributed by atoms with Crippen molar-refractivity contribution in [3.05, 3.63) is 0 Å². The molecule has 0 spiro atoms. The van der Waals surface area contributed by atoms with E-state index in [9.17, 15) is 14.4 Å². The number of likely N-dealkylation sites (N-methyl/N-ethyl adjacent to an activating group) is 1. The van der Waals surface area contributed by atoms with Crippen molar-refractivity contribution in [3.8, 4) is 0 Å². The van der Waals surface area contributed by atoms with Crippen LogP contribution in [0.5, 0.6) is 0 Å². The number of nitrogens with one attached hydrogen (secondary N) is 1. The molecule has 0 aromatic rings. The summed E-state index contributed by atoms with van der Waals surface area (Å²) in [6.07, 6.45) is -0.0939. The number of hydrogen-bond donors (Lipinski definition) is 1. The third-order valence-corrected chi connectivity index (χ3v) is 4.05. The number of carbonyl (C=O) groups excluding carboxylic acids is 3. The molecule has 21 heavy (non-hydrogen) atoms. The van der Waals surface area contributed by atoms with Gasteiger partial charge in [-0.15, -0.1) is 0 Å². The molecule has 118 valence electrons. The van der Waals surface area contributed by atoms with Crippen molar-refractivity contribution in [3.63, 3.8) is 0 Å². The van der Waals surface area contributed by atoms with E-state index in [1.165, 1.54) is 0 Å². The standard InChI is InChI=1S/C14H24N4O3/c1-9(2)7-15-14(21)17-6-5-12(19)18-10(3)13(20)16(4)8-11(17)18/h9-11H,5-8H2,1-4H3,(H,15,21)/t10-,11-/m0/s1. The number of carbonyl (C=O) groups is 3. The van der Waals surface area contributed by atoms with Crippen LogP contribution in [0.4, 0.5) is 4.79 Å². The molecule has 2 fully saturated rings. The molecule has 0 radical (unpaired) electrons. The molecular formula is C14H24N4O3. The van der Waals surface area contributed by atoms with Gasteiger partial charge in [0.05, 0.1) is 6.54 Å². The number of rotatable bonds is 2. The lowest BCUT2D eigenvalue weighted by Crippen LogP contribution is -2.70. The van der Waals surface area contributed by atoms with Crippen molar-refractivity contribution in [2.45, 2.75) is 39.4 Å². The van der Waals surface area contributed by atoms with Crippen molar-refractivity contribution in [1.29, 1.82) is 0 Å². The Bertz CT molecular complexity index is 452. The molecule has 2 saturated heterocycles. The SMILES string of the molecule is CC(C)CNC(=O)N1CCC(=O)N2[C@@H](C)C(=O)N(C)C[C@@H]12. The summed E-state index contributed by atoms with van der Waals surface area (Å²) in [5.41, 5.74) is 0. The van der Waals surface area contributed by atoms with Gasteiger partial charge in [0.2, 0.25) is 11.8 Å². The van der Waals surface area contributed by atoms with E-state index >= 15 is 0 Å². The smallest absolute Gasteiger partial charge is 0.319 e. The highest BCUT2D eigenvalue weighted by molar-refractivity contribution is 5.90. The minimum Gasteiger partial charge on any atom is -0.340 e. The minimum absolute atomic E-state index is 0.0538. The van der Waals surface area contributed by atoms with Gasteiger partial charge in [-0.3, -0.25) is 9.59 Å². The second kappa shape index (κ2) is 5.91. The van der Waals surface area contributed by atoms with E-state index in [0.717, 1.165) is 0 Å². The summed E-state index contributed by atoms with van der Waals surface area (Å²) >= 11 is 0. The van der Waals surface area contributed by atoms with Crippen LogP contribution in [-0.4, -0.2) is 71.4 Å². The van der Waals surface area contributed by atoms with Gasteiger partial charge in [0.15, 0.2) is 0 Å². The number of urea groups is 1. The third-order valence-electron chi connectivity index (χ3n) is 4.05. The molecule has 0 saturated carbocycles. The molecule has 0 unspecified atom stereocenters. The fourth-order valence-electron chi connectivity index (χ4n) is 2.87. The van der Waals surface area contributed by atoms with Crippen LogP contribution in [0, 0.1) is 5.92 Å². The quantitative estimate of drug-likeness (QED) is 0.784. The van der Waals surface area contributed by atoms with Gasteiger partial charge < -0.3 is 20.0 Å². The van der Waals surface area contributed by atoms with Gasteiger partial charge in [0.1, 0.15) is 12.2 Å². The maximum atomic E-state index is 12.3. The third kappa shape index (κ3) is 2.96. The van der Waals surface area contributed by atoms with Gasteiger partial charge in [0, 0.05) is 26.6 Å². The van der Waals surface area contributed by atoms with Gasteiger partial charge >= 0.3 is 6.03 Å². The molecule has 7 nitrogen and oxygen atoms in total. The molecular weight excluding hydrogens is 272 g/mol. The van der Waals surface area contributed by atoms with E-state index in [4.69, 9.17) is 0 Å². The minimum atomic E-state index is -0.512. The Morgan fingerprint density at radius 1 is 1.38 bits per heavy atom. The number of amides is 4. The highest BCUT2D eigenvalue weighted by atomic mass is 16.2. The fourth-order valence-corrected chi connectivity index (χ4v) is 2.87. The van der Waals surface area contributed by atoms with E-state index in [2.05, 4.69) is 5.32 Å². The molecule has 0 aromatic heterocycles. The maximum Gasteiger partial charge on any atom is 0.319 e. The number of hydrogen-bond acceptors (Lipinski definition) is 3. The monoisotopic (exact) mass is 296 g/mol. The van der Waals surface area contributed by atoms with Crippen LogP contribution in [0.25, 0.3) is 0 Å². The average molecular weight is 296 g/mol. The van der Waals surface area contributed by atoms with E-state index in [1.54, 1.807) is 28.7 Å². The molecule has 2 aliphatic heterocycles. The maximum absolute atomic E-state index is 12.3. The van der Waals surface area contributed by atoms with Gasteiger partial charge in [-0.2, -0.15) is 0 Å². The van der Waals surface area contributed by atoms with Crippen LogP contribution < -0.4 is 5.32 Å².